The Morgan fingerprint density at radius 2 is 1.80 bits per heavy atom. The fourth-order valence-corrected chi connectivity index (χ4v) is 1.65. The Kier molecular flexibility index (Phi) is 2.72. The second kappa shape index (κ2) is 4.54. The molecule has 2 heterocycles. The summed E-state index contributed by atoms with van der Waals surface area (Å²) in [6.07, 6.45) is 1.53. The van der Waals surface area contributed by atoms with E-state index >= 15 is 0 Å². The van der Waals surface area contributed by atoms with E-state index in [1.807, 2.05) is 0 Å². The van der Waals surface area contributed by atoms with Gasteiger partial charge in [0.2, 0.25) is 5.82 Å². The Balaban J connectivity index is 1.97. The van der Waals surface area contributed by atoms with Gasteiger partial charge in [-0.3, -0.25) is 0 Å². The molecule has 2 aromatic heterocycles. The number of nitrogens with zero attached hydrogens (tertiary/aromatic N) is 3. The largest absolute Gasteiger partial charge is 0.504 e. The summed E-state index contributed by atoms with van der Waals surface area (Å²) >= 11 is 0. The molecule has 0 saturated carbocycles. The lowest BCUT2D eigenvalue weighted by atomic mass is 10.2. The summed E-state index contributed by atoms with van der Waals surface area (Å²) in [5.74, 6) is 0.535. The molecule has 0 spiro atoms. The van der Waals surface area contributed by atoms with Crippen molar-refractivity contribution in [2.24, 2.45) is 0 Å². The van der Waals surface area contributed by atoms with Gasteiger partial charge in [-0.2, -0.15) is 4.98 Å². The molecular formula is C13H10N4O3. The van der Waals surface area contributed by atoms with Gasteiger partial charge >= 0.3 is 0 Å². The number of phenols is 2. The molecule has 1 aromatic carbocycles. The lowest BCUT2D eigenvalue weighted by Gasteiger charge is -1.98. The maximum Gasteiger partial charge on any atom is 0.259 e. The standard InChI is InChI=1S/C13H10N4O3/c14-11-4-2-8(6-15-11)13-16-12(17-20-13)7-1-3-9(18)10(19)5-7/h1-6,18-19H,(H2,14,15). The average Bonchev–Trinajstić information content (AvgIpc) is 2.92. The van der Waals surface area contributed by atoms with Crippen LogP contribution in [0.15, 0.2) is 41.1 Å². The summed E-state index contributed by atoms with van der Waals surface area (Å²) in [5, 5.41) is 22.5. The molecule has 0 bridgehead atoms. The van der Waals surface area contributed by atoms with E-state index in [4.69, 9.17) is 10.3 Å². The van der Waals surface area contributed by atoms with E-state index in [-0.39, 0.29) is 11.5 Å². The quantitative estimate of drug-likeness (QED) is 0.607. The van der Waals surface area contributed by atoms with Crippen LogP contribution in [-0.2, 0) is 0 Å². The molecule has 3 aromatic rings. The van der Waals surface area contributed by atoms with E-state index in [2.05, 4.69) is 15.1 Å². The zero-order valence-electron chi connectivity index (χ0n) is 10.2. The van der Waals surface area contributed by atoms with E-state index in [1.165, 1.54) is 18.3 Å². The first-order valence-corrected chi connectivity index (χ1v) is 5.71. The van der Waals surface area contributed by atoms with Crippen molar-refractivity contribution in [3.8, 4) is 34.3 Å². The van der Waals surface area contributed by atoms with Crippen molar-refractivity contribution in [1.29, 1.82) is 0 Å². The van der Waals surface area contributed by atoms with Crippen molar-refractivity contribution in [3.63, 3.8) is 0 Å². The number of nitrogens with two attached hydrogens (primary N) is 1. The number of benzene rings is 1. The summed E-state index contributed by atoms with van der Waals surface area (Å²) < 4.78 is 5.13. The minimum atomic E-state index is -0.247. The predicted octanol–water partition coefficient (Wildman–Crippen LogP) is 1.79. The highest BCUT2D eigenvalue weighted by molar-refractivity contribution is 5.62. The van der Waals surface area contributed by atoms with Crippen molar-refractivity contribution in [2.45, 2.75) is 0 Å². The van der Waals surface area contributed by atoms with Gasteiger partial charge in [-0.25, -0.2) is 4.98 Å². The molecule has 0 saturated heterocycles. The van der Waals surface area contributed by atoms with Crippen LogP contribution in [0, 0.1) is 0 Å². The van der Waals surface area contributed by atoms with Gasteiger partial charge in [0.15, 0.2) is 11.5 Å². The normalized spacial score (nSPS) is 10.6. The lowest BCUT2D eigenvalue weighted by Crippen LogP contribution is -1.89. The number of hydrogen-bond acceptors (Lipinski definition) is 7. The molecule has 3 rings (SSSR count). The van der Waals surface area contributed by atoms with E-state index in [9.17, 15) is 10.2 Å². The Morgan fingerprint density at radius 1 is 1.00 bits per heavy atom. The number of aromatic nitrogens is 3. The molecule has 7 nitrogen and oxygen atoms in total. The highest BCUT2D eigenvalue weighted by atomic mass is 16.5. The van der Waals surface area contributed by atoms with E-state index < -0.39 is 0 Å². The van der Waals surface area contributed by atoms with Crippen molar-refractivity contribution in [3.05, 3.63) is 36.5 Å². The zero-order chi connectivity index (χ0) is 14.1. The van der Waals surface area contributed by atoms with Crippen molar-refractivity contribution >= 4 is 5.82 Å². The van der Waals surface area contributed by atoms with Gasteiger partial charge in [0.1, 0.15) is 5.82 Å². The second-order valence-corrected chi connectivity index (χ2v) is 4.10. The third kappa shape index (κ3) is 2.12. The lowest BCUT2D eigenvalue weighted by molar-refractivity contribution is 0.404. The van der Waals surface area contributed by atoms with Gasteiger partial charge < -0.3 is 20.5 Å². The highest BCUT2D eigenvalue weighted by Gasteiger charge is 2.12. The molecule has 0 atom stereocenters. The molecule has 0 aliphatic rings. The molecule has 100 valence electrons. The number of aromatic hydroxyl groups is 2. The van der Waals surface area contributed by atoms with Gasteiger partial charge in [-0.15, -0.1) is 0 Å². The SMILES string of the molecule is Nc1ccc(-c2nc(-c3ccc(O)c(O)c3)no2)cn1. The average molecular weight is 270 g/mol. The van der Waals surface area contributed by atoms with Crippen LogP contribution in [0.2, 0.25) is 0 Å². The van der Waals surface area contributed by atoms with Gasteiger partial charge in [0.25, 0.3) is 5.89 Å². The van der Waals surface area contributed by atoms with Crippen LogP contribution < -0.4 is 5.73 Å². The second-order valence-electron chi connectivity index (χ2n) is 4.10. The number of nitrogen functional groups attached to an aromatic ring is 1. The number of hydrogen-bond donors (Lipinski definition) is 3. The summed E-state index contributed by atoms with van der Waals surface area (Å²) in [7, 11) is 0. The Morgan fingerprint density at radius 3 is 2.50 bits per heavy atom. The van der Waals surface area contributed by atoms with Crippen LogP contribution in [0.4, 0.5) is 5.82 Å². The summed E-state index contributed by atoms with van der Waals surface area (Å²) in [6.45, 7) is 0. The smallest absolute Gasteiger partial charge is 0.259 e. The summed E-state index contributed by atoms with van der Waals surface area (Å²) in [4.78, 5) is 8.14. The van der Waals surface area contributed by atoms with E-state index in [0.717, 1.165) is 0 Å². The maximum atomic E-state index is 9.46. The third-order valence-corrected chi connectivity index (χ3v) is 2.69. The minimum absolute atomic E-state index is 0.208. The molecule has 0 amide bonds. The maximum absolute atomic E-state index is 9.46. The van der Waals surface area contributed by atoms with Crippen molar-refractivity contribution in [1.82, 2.24) is 15.1 Å². The fraction of sp³-hybridized carbons (Fsp3) is 0. The monoisotopic (exact) mass is 270 g/mol. The zero-order valence-corrected chi connectivity index (χ0v) is 10.2. The van der Waals surface area contributed by atoms with E-state index in [1.54, 1.807) is 18.2 Å². The van der Waals surface area contributed by atoms with Crippen LogP contribution in [-0.4, -0.2) is 25.3 Å². The molecule has 4 N–H and O–H groups in total. The molecule has 0 unspecified atom stereocenters. The first kappa shape index (κ1) is 12.0. The van der Waals surface area contributed by atoms with Crippen molar-refractivity contribution < 1.29 is 14.7 Å². The molecule has 7 heteroatoms. The number of phenolic OH excluding ortho intramolecular Hbond substituents is 2. The summed E-state index contributed by atoms with van der Waals surface area (Å²) in [5.41, 5.74) is 6.67. The Labute approximate surface area is 113 Å². The van der Waals surface area contributed by atoms with Gasteiger partial charge in [-0.05, 0) is 30.3 Å². The first-order chi connectivity index (χ1) is 9.63. The fourth-order valence-electron chi connectivity index (χ4n) is 1.65. The third-order valence-electron chi connectivity index (χ3n) is 2.69. The van der Waals surface area contributed by atoms with Crippen LogP contribution in [0.25, 0.3) is 22.8 Å². The van der Waals surface area contributed by atoms with Crippen LogP contribution >= 0.6 is 0 Å². The van der Waals surface area contributed by atoms with Gasteiger partial charge in [0.05, 0.1) is 5.56 Å². The Bertz CT molecular complexity index is 753. The molecular weight excluding hydrogens is 260 g/mol. The van der Waals surface area contributed by atoms with Gasteiger partial charge in [-0.1, -0.05) is 5.16 Å². The van der Waals surface area contributed by atoms with Crippen LogP contribution in [0.1, 0.15) is 0 Å². The predicted molar refractivity (Wildman–Crippen MR) is 70.7 cm³/mol. The minimum Gasteiger partial charge on any atom is -0.504 e. The van der Waals surface area contributed by atoms with Gasteiger partial charge in [0, 0.05) is 11.8 Å². The Hall–Kier alpha value is -3.09. The molecule has 0 aliphatic carbocycles. The van der Waals surface area contributed by atoms with Crippen LogP contribution in [0.3, 0.4) is 0 Å². The molecule has 0 aliphatic heterocycles. The first-order valence-electron chi connectivity index (χ1n) is 5.71. The number of pyridine rings is 1. The van der Waals surface area contributed by atoms with E-state index in [0.29, 0.717) is 28.7 Å². The highest BCUT2D eigenvalue weighted by Crippen LogP contribution is 2.30. The molecule has 0 radical (unpaired) electrons. The van der Waals surface area contributed by atoms with Crippen molar-refractivity contribution in [2.75, 3.05) is 5.73 Å². The number of anilines is 1. The molecule has 0 fully saturated rings. The molecule has 20 heavy (non-hydrogen) atoms. The topological polar surface area (TPSA) is 118 Å². The van der Waals surface area contributed by atoms with Crippen LogP contribution in [0.5, 0.6) is 11.5 Å². The number of rotatable bonds is 2. The summed E-state index contributed by atoms with van der Waals surface area (Å²) in [6, 6.07) is 7.63.